The van der Waals surface area contributed by atoms with Crippen LogP contribution in [-0.2, 0) is 6.42 Å². The molecule has 28 heavy (non-hydrogen) atoms. The van der Waals surface area contributed by atoms with Gasteiger partial charge in [-0.3, -0.25) is 4.79 Å². The molecule has 1 aromatic heterocycles. The molecule has 146 valence electrons. The van der Waals surface area contributed by atoms with Crippen molar-refractivity contribution >= 4 is 5.91 Å². The van der Waals surface area contributed by atoms with Crippen LogP contribution in [0.1, 0.15) is 42.1 Å². The van der Waals surface area contributed by atoms with E-state index in [1.54, 1.807) is 12.1 Å². The maximum atomic E-state index is 13.1. The van der Waals surface area contributed by atoms with Gasteiger partial charge in [0.2, 0.25) is 11.7 Å². The smallest absolute Gasteiger partial charge is 0.254 e. The number of halogens is 1. The molecule has 1 heterocycles. The fourth-order valence-electron chi connectivity index (χ4n) is 2.89. The highest BCUT2D eigenvalue weighted by atomic mass is 19.1. The van der Waals surface area contributed by atoms with Gasteiger partial charge < -0.3 is 9.42 Å². The van der Waals surface area contributed by atoms with Gasteiger partial charge in [-0.1, -0.05) is 29.8 Å². The van der Waals surface area contributed by atoms with E-state index < -0.39 is 0 Å². The Hall–Kier alpha value is -3.02. The number of aromatic nitrogens is 2. The Morgan fingerprint density at radius 3 is 2.46 bits per heavy atom. The minimum Gasteiger partial charge on any atom is -0.339 e. The molecule has 6 heteroatoms. The zero-order chi connectivity index (χ0) is 20.1. The summed E-state index contributed by atoms with van der Waals surface area (Å²) in [4.78, 5) is 19.2. The maximum Gasteiger partial charge on any atom is 0.254 e. The Kier molecular flexibility index (Phi) is 6.19. The van der Waals surface area contributed by atoms with Crippen molar-refractivity contribution in [1.82, 2.24) is 15.0 Å². The molecule has 0 saturated carbocycles. The molecule has 3 aromatic rings. The van der Waals surface area contributed by atoms with Crippen molar-refractivity contribution in [2.24, 2.45) is 0 Å². The first-order valence-electron chi connectivity index (χ1n) is 9.44. The summed E-state index contributed by atoms with van der Waals surface area (Å²) in [5.41, 5.74) is 2.47. The highest BCUT2D eigenvalue weighted by Gasteiger charge is 2.21. The Labute approximate surface area is 164 Å². The molecule has 0 spiro atoms. The molecule has 0 aliphatic rings. The fraction of sp³-hybridized carbons (Fsp3) is 0.318. The lowest BCUT2D eigenvalue weighted by Crippen LogP contribution is -2.39. The fourth-order valence-corrected chi connectivity index (χ4v) is 2.89. The van der Waals surface area contributed by atoms with Crippen molar-refractivity contribution in [2.45, 2.75) is 39.7 Å². The topological polar surface area (TPSA) is 59.2 Å². The van der Waals surface area contributed by atoms with Gasteiger partial charge in [0, 0.05) is 30.1 Å². The van der Waals surface area contributed by atoms with Gasteiger partial charge >= 0.3 is 0 Å². The van der Waals surface area contributed by atoms with Crippen LogP contribution in [0.15, 0.2) is 53.1 Å². The van der Waals surface area contributed by atoms with Crippen LogP contribution in [0.3, 0.4) is 0 Å². The molecular formula is C22H24FN3O2. The average Bonchev–Trinajstić information content (AvgIpc) is 3.17. The summed E-state index contributed by atoms with van der Waals surface area (Å²) >= 11 is 0. The van der Waals surface area contributed by atoms with E-state index in [4.69, 9.17) is 4.52 Å². The summed E-state index contributed by atoms with van der Waals surface area (Å²) in [5.74, 6) is 0.540. The standard InChI is InChI=1S/C22H24FN3O2/c1-4-16(3)26(22(27)18-7-5-15(2)6-8-18)14-13-20-24-21(25-28-20)17-9-11-19(23)12-10-17/h5-12,16H,4,13-14H2,1-3H3. The molecule has 0 bridgehead atoms. The predicted octanol–water partition coefficient (Wildman–Crippen LogP) is 4.67. The summed E-state index contributed by atoms with van der Waals surface area (Å²) in [7, 11) is 0. The molecule has 1 unspecified atom stereocenters. The minimum absolute atomic E-state index is 0.00683. The van der Waals surface area contributed by atoms with Crippen LogP contribution in [-0.4, -0.2) is 33.5 Å². The van der Waals surface area contributed by atoms with E-state index in [-0.39, 0.29) is 17.8 Å². The van der Waals surface area contributed by atoms with E-state index in [1.165, 1.54) is 12.1 Å². The normalized spacial score (nSPS) is 12.0. The predicted molar refractivity (Wildman–Crippen MR) is 105 cm³/mol. The number of benzene rings is 2. The molecule has 1 amide bonds. The Morgan fingerprint density at radius 1 is 1.14 bits per heavy atom. The van der Waals surface area contributed by atoms with E-state index in [0.29, 0.717) is 35.8 Å². The summed E-state index contributed by atoms with van der Waals surface area (Å²) in [6, 6.07) is 13.6. The quantitative estimate of drug-likeness (QED) is 0.597. The van der Waals surface area contributed by atoms with Crippen molar-refractivity contribution in [2.75, 3.05) is 6.54 Å². The molecule has 0 radical (unpaired) electrons. The Bertz CT molecular complexity index is 920. The summed E-state index contributed by atoms with van der Waals surface area (Å²) in [5, 5.41) is 3.96. The molecule has 0 fully saturated rings. The van der Waals surface area contributed by atoms with Crippen LogP contribution < -0.4 is 0 Å². The van der Waals surface area contributed by atoms with Gasteiger partial charge in [0.05, 0.1) is 0 Å². The second-order valence-electron chi connectivity index (χ2n) is 6.89. The zero-order valence-corrected chi connectivity index (χ0v) is 16.4. The van der Waals surface area contributed by atoms with Crippen LogP contribution in [0.4, 0.5) is 4.39 Å². The third-order valence-electron chi connectivity index (χ3n) is 4.82. The average molecular weight is 381 g/mol. The Morgan fingerprint density at radius 2 is 1.82 bits per heavy atom. The second-order valence-corrected chi connectivity index (χ2v) is 6.89. The lowest BCUT2D eigenvalue weighted by molar-refractivity contribution is 0.0686. The molecule has 3 rings (SSSR count). The van der Waals surface area contributed by atoms with Gasteiger partial charge in [-0.15, -0.1) is 0 Å². The van der Waals surface area contributed by atoms with Crippen LogP contribution in [0.2, 0.25) is 0 Å². The first-order valence-corrected chi connectivity index (χ1v) is 9.44. The number of carbonyl (C=O) groups is 1. The van der Waals surface area contributed by atoms with E-state index >= 15 is 0 Å². The van der Waals surface area contributed by atoms with Crippen molar-refractivity contribution in [1.29, 1.82) is 0 Å². The molecular weight excluding hydrogens is 357 g/mol. The SMILES string of the molecule is CCC(C)N(CCc1nc(-c2ccc(F)cc2)no1)C(=O)c1ccc(C)cc1. The molecule has 0 N–H and O–H groups in total. The van der Waals surface area contributed by atoms with Crippen molar-refractivity contribution in [3.8, 4) is 11.4 Å². The lowest BCUT2D eigenvalue weighted by atomic mass is 10.1. The molecule has 0 saturated heterocycles. The number of hydrogen-bond donors (Lipinski definition) is 0. The molecule has 0 aliphatic carbocycles. The summed E-state index contributed by atoms with van der Waals surface area (Å²) in [6.45, 7) is 6.56. The second kappa shape index (κ2) is 8.78. The van der Waals surface area contributed by atoms with Gasteiger partial charge in [-0.2, -0.15) is 4.98 Å². The number of carbonyl (C=O) groups excluding carboxylic acids is 1. The Balaban J connectivity index is 1.71. The van der Waals surface area contributed by atoms with Gasteiger partial charge in [0.15, 0.2) is 0 Å². The van der Waals surface area contributed by atoms with Gasteiger partial charge in [0.25, 0.3) is 5.91 Å². The first kappa shape index (κ1) is 19.7. The van der Waals surface area contributed by atoms with Crippen molar-refractivity contribution in [3.63, 3.8) is 0 Å². The molecule has 1 atom stereocenters. The summed E-state index contributed by atoms with van der Waals surface area (Å²) in [6.07, 6.45) is 1.30. The highest BCUT2D eigenvalue weighted by molar-refractivity contribution is 5.94. The maximum absolute atomic E-state index is 13.1. The molecule has 0 aliphatic heterocycles. The third kappa shape index (κ3) is 4.63. The largest absolute Gasteiger partial charge is 0.339 e. The van der Waals surface area contributed by atoms with E-state index in [9.17, 15) is 9.18 Å². The van der Waals surface area contributed by atoms with Gasteiger partial charge in [-0.25, -0.2) is 4.39 Å². The number of aryl methyl sites for hydroxylation is 1. The molecule has 2 aromatic carbocycles. The van der Waals surface area contributed by atoms with Crippen LogP contribution in [0.5, 0.6) is 0 Å². The first-order chi connectivity index (χ1) is 13.5. The van der Waals surface area contributed by atoms with Crippen molar-refractivity contribution < 1.29 is 13.7 Å². The van der Waals surface area contributed by atoms with Crippen LogP contribution in [0.25, 0.3) is 11.4 Å². The number of nitrogens with zero attached hydrogens (tertiary/aromatic N) is 3. The van der Waals surface area contributed by atoms with Gasteiger partial charge in [-0.05, 0) is 56.7 Å². The summed E-state index contributed by atoms with van der Waals surface area (Å²) < 4.78 is 18.4. The zero-order valence-electron chi connectivity index (χ0n) is 16.4. The highest BCUT2D eigenvalue weighted by Crippen LogP contribution is 2.17. The van der Waals surface area contributed by atoms with E-state index in [1.807, 2.05) is 43.0 Å². The van der Waals surface area contributed by atoms with Crippen LogP contribution in [0, 0.1) is 12.7 Å². The number of amides is 1. The lowest BCUT2D eigenvalue weighted by Gasteiger charge is -2.28. The van der Waals surface area contributed by atoms with E-state index in [0.717, 1.165) is 12.0 Å². The number of hydrogen-bond acceptors (Lipinski definition) is 4. The molecule has 5 nitrogen and oxygen atoms in total. The van der Waals surface area contributed by atoms with Gasteiger partial charge in [0.1, 0.15) is 5.82 Å². The van der Waals surface area contributed by atoms with Crippen molar-refractivity contribution in [3.05, 3.63) is 71.4 Å². The number of rotatable bonds is 7. The monoisotopic (exact) mass is 381 g/mol. The minimum atomic E-state index is -0.314. The van der Waals surface area contributed by atoms with E-state index in [2.05, 4.69) is 17.1 Å². The third-order valence-corrected chi connectivity index (χ3v) is 4.82. The van der Waals surface area contributed by atoms with Crippen LogP contribution >= 0.6 is 0 Å².